The van der Waals surface area contributed by atoms with Crippen molar-refractivity contribution in [1.29, 1.82) is 0 Å². The van der Waals surface area contributed by atoms with Gasteiger partial charge in [0.2, 0.25) is 0 Å². The Kier molecular flexibility index (Phi) is 3.80. The van der Waals surface area contributed by atoms with Crippen molar-refractivity contribution in [2.75, 3.05) is 7.05 Å². The zero-order valence-corrected chi connectivity index (χ0v) is 8.53. The van der Waals surface area contributed by atoms with E-state index in [1.54, 1.807) is 11.9 Å². The summed E-state index contributed by atoms with van der Waals surface area (Å²) in [4.78, 5) is 1.18. The fourth-order valence-corrected chi connectivity index (χ4v) is 1.65. The fraction of sp³-hybridized carbons (Fsp3) is 0.0909. The molecule has 2 heteroatoms. The van der Waals surface area contributed by atoms with Crippen molar-refractivity contribution < 1.29 is 0 Å². The Morgan fingerprint density at radius 3 is 2.46 bits per heavy atom. The first-order valence-corrected chi connectivity index (χ1v) is 4.86. The third-order valence-electron chi connectivity index (χ3n) is 1.72. The highest BCUT2D eigenvalue weighted by Crippen LogP contribution is 2.20. The van der Waals surface area contributed by atoms with Crippen LogP contribution in [0.15, 0.2) is 36.3 Å². The predicted molar refractivity (Wildman–Crippen MR) is 61.5 cm³/mol. The highest BCUT2D eigenvalue weighted by molar-refractivity contribution is 7.97. The SMILES string of the molecule is C=Cc1ccc(SNC)cc1C=C. The fourth-order valence-electron chi connectivity index (χ4n) is 1.10. The van der Waals surface area contributed by atoms with Crippen molar-refractivity contribution in [1.82, 2.24) is 4.72 Å². The third kappa shape index (κ3) is 2.47. The molecule has 0 aliphatic carbocycles. The monoisotopic (exact) mass is 191 g/mol. The van der Waals surface area contributed by atoms with Crippen LogP contribution in [0.3, 0.4) is 0 Å². The van der Waals surface area contributed by atoms with E-state index >= 15 is 0 Å². The first-order valence-electron chi connectivity index (χ1n) is 4.04. The maximum atomic E-state index is 3.76. The molecule has 0 aliphatic rings. The topological polar surface area (TPSA) is 12.0 Å². The standard InChI is InChI=1S/C11H13NS/c1-4-9-6-7-11(13-12-3)8-10(9)5-2/h4-8,12H,1-2H2,3H3. The van der Waals surface area contributed by atoms with Gasteiger partial charge in [-0.05, 0) is 42.3 Å². The van der Waals surface area contributed by atoms with E-state index in [0.717, 1.165) is 11.1 Å². The summed E-state index contributed by atoms with van der Waals surface area (Å²) in [5.74, 6) is 0. The molecule has 0 aromatic heterocycles. The van der Waals surface area contributed by atoms with Crippen molar-refractivity contribution in [3.8, 4) is 0 Å². The molecule has 0 radical (unpaired) electrons. The maximum absolute atomic E-state index is 3.76. The van der Waals surface area contributed by atoms with Gasteiger partial charge in [0.1, 0.15) is 0 Å². The van der Waals surface area contributed by atoms with Crippen LogP contribution in [0.4, 0.5) is 0 Å². The molecule has 1 nitrogen and oxygen atoms in total. The molecule has 0 bridgehead atoms. The summed E-state index contributed by atoms with van der Waals surface area (Å²) >= 11 is 1.59. The molecule has 1 N–H and O–H groups in total. The van der Waals surface area contributed by atoms with Gasteiger partial charge in [0.05, 0.1) is 0 Å². The largest absolute Gasteiger partial charge is 0.263 e. The molecule has 0 heterocycles. The molecule has 0 atom stereocenters. The average Bonchev–Trinajstić information content (AvgIpc) is 2.18. The third-order valence-corrected chi connectivity index (χ3v) is 2.41. The van der Waals surface area contributed by atoms with Gasteiger partial charge in [-0.1, -0.05) is 31.4 Å². The molecule has 1 aromatic carbocycles. The first kappa shape index (κ1) is 10.1. The van der Waals surface area contributed by atoms with Gasteiger partial charge < -0.3 is 0 Å². The summed E-state index contributed by atoms with van der Waals surface area (Å²) in [7, 11) is 1.90. The highest BCUT2D eigenvalue weighted by atomic mass is 32.2. The number of nitrogens with one attached hydrogen (secondary N) is 1. The van der Waals surface area contributed by atoms with Crippen molar-refractivity contribution >= 4 is 24.1 Å². The van der Waals surface area contributed by atoms with Crippen molar-refractivity contribution in [2.45, 2.75) is 4.90 Å². The smallest absolute Gasteiger partial charge is 0.0234 e. The average molecular weight is 191 g/mol. The van der Waals surface area contributed by atoms with E-state index in [1.807, 2.05) is 25.3 Å². The Labute approximate surface area is 83.7 Å². The van der Waals surface area contributed by atoms with Crippen LogP contribution in [0, 0.1) is 0 Å². The number of hydrogen-bond donors (Lipinski definition) is 1. The lowest BCUT2D eigenvalue weighted by Crippen LogP contribution is -1.91. The molecule has 1 aromatic rings. The summed E-state index contributed by atoms with van der Waals surface area (Å²) in [6, 6.07) is 6.19. The molecule has 0 fully saturated rings. The molecule has 0 saturated carbocycles. The van der Waals surface area contributed by atoms with Gasteiger partial charge in [0.15, 0.2) is 0 Å². The van der Waals surface area contributed by atoms with Crippen molar-refractivity contribution in [3.63, 3.8) is 0 Å². The lowest BCUT2D eigenvalue weighted by molar-refractivity contribution is 1.27. The van der Waals surface area contributed by atoms with Crippen LogP contribution in [0.5, 0.6) is 0 Å². The van der Waals surface area contributed by atoms with E-state index in [1.165, 1.54) is 4.90 Å². The van der Waals surface area contributed by atoms with E-state index in [0.29, 0.717) is 0 Å². The van der Waals surface area contributed by atoms with Gasteiger partial charge in [-0.15, -0.1) is 0 Å². The van der Waals surface area contributed by atoms with Crippen LogP contribution >= 0.6 is 11.9 Å². The molecule has 0 unspecified atom stereocenters. The summed E-state index contributed by atoms with van der Waals surface area (Å²) in [5.41, 5.74) is 2.24. The molecule has 0 amide bonds. The minimum atomic E-state index is 1.12. The number of benzene rings is 1. The Balaban J connectivity index is 3.05. The van der Waals surface area contributed by atoms with Gasteiger partial charge in [-0.2, -0.15) is 0 Å². The molecular formula is C11H13NS. The molecular weight excluding hydrogens is 178 g/mol. The molecule has 68 valence electrons. The van der Waals surface area contributed by atoms with Crippen LogP contribution in [-0.2, 0) is 0 Å². The van der Waals surface area contributed by atoms with Gasteiger partial charge in [0, 0.05) is 4.90 Å². The lowest BCUT2D eigenvalue weighted by atomic mass is 10.1. The van der Waals surface area contributed by atoms with E-state index in [9.17, 15) is 0 Å². The first-order chi connectivity index (χ1) is 6.31. The second-order valence-corrected chi connectivity index (χ2v) is 3.59. The van der Waals surface area contributed by atoms with Crippen LogP contribution in [0.1, 0.15) is 11.1 Å². The van der Waals surface area contributed by atoms with Gasteiger partial charge in [-0.25, -0.2) is 0 Å². The van der Waals surface area contributed by atoms with Gasteiger partial charge >= 0.3 is 0 Å². The minimum Gasteiger partial charge on any atom is -0.263 e. The Bertz CT molecular complexity index is 318. The van der Waals surface area contributed by atoms with Crippen LogP contribution in [0.2, 0.25) is 0 Å². The molecule has 1 rings (SSSR count). The summed E-state index contributed by atoms with van der Waals surface area (Å²) in [6.07, 6.45) is 3.68. The second-order valence-electron chi connectivity index (χ2n) is 2.51. The molecule has 13 heavy (non-hydrogen) atoms. The van der Waals surface area contributed by atoms with E-state index in [-0.39, 0.29) is 0 Å². The van der Waals surface area contributed by atoms with Gasteiger partial charge in [-0.3, -0.25) is 4.72 Å². The summed E-state index contributed by atoms with van der Waals surface area (Å²) < 4.78 is 3.03. The van der Waals surface area contributed by atoms with E-state index in [4.69, 9.17) is 0 Å². The molecule has 0 saturated heterocycles. The summed E-state index contributed by atoms with van der Waals surface area (Å²) in [6.45, 7) is 7.51. The van der Waals surface area contributed by atoms with Crippen LogP contribution in [-0.4, -0.2) is 7.05 Å². The van der Waals surface area contributed by atoms with Crippen molar-refractivity contribution in [3.05, 3.63) is 42.5 Å². The van der Waals surface area contributed by atoms with Gasteiger partial charge in [0.25, 0.3) is 0 Å². The maximum Gasteiger partial charge on any atom is 0.0234 e. The lowest BCUT2D eigenvalue weighted by Gasteiger charge is -2.04. The van der Waals surface area contributed by atoms with Crippen molar-refractivity contribution in [2.24, 2.45) is 0 Å². The molecule has 0 aliphatic heterocycles. The van der Waals surface area contributed by atoms with E-state index in [2.05, 4.69) is 30.0 Å². The number of rotatable bonds is 4. The van der Waals surface area contributed by atoms with Crippen LogP contribution in [0.25, 0.3) is 12.2 Å². The molecule has 0 spiro atoms. The number of hydrogen-bond acceptors (Lipinski definition) is 2. The van der Waals surface area contributed by atoms with E-state index < -0.39 is 0 Å². The quantitative estimate of drug-likeness (QED) is 0.733. The zero-order chi connectivity index (χ0) is 9.68. The summed E-state index contributed by atoms with van der Waals surface area (Å²) in [5, 5.41) is 0. The highest BCUT2D eigenvalue weighted by Gasteiger charge is 1.97. The Morgan fingerprint density at radius 1 is 1.23 bits per heavy atom. The predicted octanol–water partition coefficient (Wildman–Crippen LogP) is 3.20. The Hall–Kier alpha value is -0.990. The zero-order valence-electron chi connectivity index (χ0n) is 7.71. The Morgan fingerprint density at radius 2 is 1.92 bits per heavy atom. The second kappa shape index (κ2) is 4.90. The minimum absolute atomic E-state index is 1.12. The normalized spacial score (nSPS) is 9.62. The van der Waals surface area contributed by atoms with Crippen LogP contribution < -0.4 is 4.72 Å².